The van der Waals surface area contributed by atoms with E-state index >= 15 is 0 Å². The van der Waals surface area contributed by atoms with Crippen molar-refractivity contribution >= 4 is 9.39 Å². The van der Waals surface area contributed by atoms with Crippen molar-refractivity contribution in [2.75, 3.05) is 26.7 Å². The largest absolute Gasteiger partial charge is 0.320 e. The van der Waals surface area contributed by atoms with E-state index in [4.69, 9.17) is 0 Å². The van der Waals surface area contributed by atoms with Crippen molar-refractivity contribution in [3.05, 3.63) is 0 Å². The molecular formula is C13H29N2P. The Labute approximate surface area is 104 Å². The van der Waals surface area contributed by atoms with Crippen LogP contribution in [-0.4, -0.2) is 31.4 Å². The average molecular weight is 244 g/mol. The Kier molecular flexibility index (Phi) is 7.60. The van der Waals surface area contributed by atoms with E-state index in [1.54, 1.807) is 0 Å². The number of rotatable bonds is 5. The van der Waals surface area contributed by atoms with Gasteiger partial charge in [0.05, 0.1) is 0 Å². The van der Waals surface area contributed by atoms with E-state index in [9.17, 15) is 0 Å². The molecule has 0 aromatic rings. The zero-order valence-electron chi connectivity index (χ0n) is 11.0. The lowest BCUT2D eigenvalue weighted by atomic mass is 9.80. The zero-order chi connectivity index (χ0) is 11.8. The van der Waals surface area contributed by atoms with Gasteiger partial charge >= 0.3 is 0 Å². The Balaban J connectivity index is 2.46. The summed E-state index contributed by atoms with van der Waals surface area (Å²) in [5.74, 6) is 1.92. The first-order valence-electron chi connectivity index (χ1n) is 6.92. The molecule has 16 heavy (non-hydrogen) atoms. The molecule has 0 saturated carbocycles. The second-order valence-corrected chi connectivity index (χ2v) is 5.90. The highest BCUT2D eigenvalue weighted by Gasteiger charge is 2.22. The van der Waals surface area contributed by atoms with E-state index in [-0.39, 0.29) is 0 Å². The smallest absolute Gasteiger partial charge is 0.00189 e. The topological polar surface area (TPSA) is 15.3 Å². The summed E-state index contributed by atoms with van der Waals surface area (Å²) >= 11 is 0. The van der Waals surface area contributed by atoms with Gasteiger partial charge in [-0.2, -0.15) is 0 Å². The first-order valence-corrected chi connectivity index (χ1v) is 7.43. The standard InChI is InChI=1S/C13H29N2P/c1-3-5-12-6-4-10-15(16)11-8-13(12)7-9-14-2/h12-14H,3-11,16H2,1-2H3. The van der Waals surface area contributed by atoms with Gasteiger partial charge in [-0.05, 0) is 51.1 Å². The summed E-state index contributed by atoms with van der Waals surface area (Å²) in [5.41, 5.74) is 0. The maximum atomic E-state index is 3.31. The van der Waals surface area contributed by atoms with Crippen LogP contribution in [0.25, 0.3) is 0 Å². The monoisotopic (exact) mass is 244 g/mol. The van der Waals surface area contributed by atoms with Crippen LogP contribution in [0.4, 0.5) is 0 Å². The van der Waals surface area contributed by atoms with Crippen molar-refractivity contribution in [3.63, 3.8) is 0 Å². The Bertz CT molecular complexity index is 175. The van der Waals surface area contributed by atoms with E-state index in [0.29, 0.717) is 0 Å². The first kappa shape index (κ1) is 14.4. The molecule has 3 heteroatoms. The van der Waals surface area contributed by atoms with E-state index in [1.807, 2.05) is 0 Å². The van der Waals surface area contributed by atoms with Crippen molar-refractivity contribution in [3.8, 4) is 0 Å². The summed E-state index contributed by atoms with van der Waals surface area (Å²) in [7, 11) is 4.95. The summed E-state index contributed by atoms with van der Waals surface area (Å²) in [6, 6.07) is 0. The van der Waals surface area contributed by atoms with Crippen LogP contribution < -0.4 is 5.32 Å². The highest BCUT2D eigenvalue weighted by Crippen LogP contribution is 2.31. The average Bonchev–Trinajstić information content (AvgIpc) is 2.26. The molecule has 1 saturated heterocycles. The molecular weight excluding hydrogens is 215 g/mol. The van der Waals surface area contributed by atoms with Gasteiger partial charge in [-0.1, -0.05) is 29.2 Å². The van der Waals surface area contributed by atoms with Crippen molar-refractivity contribution in [1.82, 2.24) is 9.99 Å². The molecule has 0 aromatic heterocycles. The minimum Gasteiger partial charge on any atom is -0.320 e. The van der Waals surface area contributed by atoms with Crippen LogP contribution in [0.5, 0.6) is 0 Å². The fraction of sp³-hybridized carbons (Fsp3) is 1.00. The van der Waals surface area contributed by atoms with E-state index in [1.165, 1.54) is 58.2 Å². The third kappa shape index (κ3) is 5.12. The van der Waals surface area contributed by atoms with E-state index in [0.717, 1.165) is 11.8 Å². The van der Waals surface area contributed by atoms with Crippen molar-refractivity contribution < 1.29 is 0 Å². The summed E-state index contributed by atoms with van der Waals surface area (Å²) in [5, 5.41) is 3.31. The maximum Gasteiger partial charge on any atom is 0.00189 e. The molecule has 2 nitrogen and oxygen atoms in total. The van der Waals surface area contributed by atoms with Gasteiger partial charge in [-0.3, -0.25) is 4.67 Å². The quantitative estimate of drug-likeness (QED) is 0.748. The van der Waals surface area contributed by atoms with Gasteiger partial charge in [0.1, 0.15) is 0 Å². The van der Waals surface area contributed by atoms with Gasteiger partial charge < -0.3 is 5.32 Å². The summed E-state index contributed by atoms with van der Waals surface area (Å²) in [6.07, 6.45) is 8.35. The highest BCUT2D eigenvalue weighted by atomic mass is 31.0. The molecule has 1 aliphatic heterocycles. The molecule has 1 rings (SSSR count). The van der Waals surface area contributed by atoms with Gasteiger partial charge in [-0.15, -0.1) is 0 Å². The van der Waals surface area contributed by atoms with Crippen LogP contribution in [0.15, 0.2) is 0 Å². The van der Waals surface area contributed by atoms with E-state index in [2.05, 4.69) is 33.3 Å². The van der Waals surface area contributed by atoms with Gasteiger partial charge in [0.2, 0.25) is 0 Å². The molecule has 0 aromatic carbocycles. The Morgan fingerprint density at radius 3 is 2.62 bits per heavy atom. The molecule has 1 N–H and O–H groups in total. The molecule has 0 spiro atoms. The van der Waals surface area contributed by atoms with Crippen LogP contribution in [0.1, 0.15) is 45.4 Å². The van der Waals surface area contributed by atoms with Crippen LogP contribution in [-0.2, 0) is 0 Å². The fourth-order valence-corrected chi connectivity index (χ4v) is 3.26. The minimum atomic E-state index is 0.941. The number of nitrogens with zero attached hydrogens (tertiary/aromatic N) is 1. The first-order chi connectivity index (χ1) is 7.77. The molecule has 3 unspecified atom stereocenters. The molecule has 0 bridgehead atoms. The molecule has 0 aliphatic carbocycles. The molecule has 0 radical (unpaired) electrons. The third-order valence-electron chi connectivity index (χ3n) is 3.90. The Hall–Kier alpha value is 0.350. The molecule has 96 valence electrons. The SMILES string of the molecule is CCCC1CCCN(P)CCC1CCNC. The molecule has 3 atom stereocenters. The minimum absolute atomic E-state index is 0.941. The maximum absolute atomic E-state index is 3.31. The lowest BCUT2D eigenvalue weighted by molar-refractivity contribution is 0.213. The van der Waals surface area contributed by atoms with Crippen LogP contribution in [0.2, 0.25) is 0 Å². The predicted octanol–water partition coefficient (Wildman–Crippen LogP) is 2.90. The molecule has 1 aliphatic rings. The Morgan fingerprint density at radius 2 is 1.94 bits per heavy atom. The Morgan fingerprint density at radius 1 is 1.19 bits per heavy atom. The fourth-order valence-electron chi connectivity index (χ4n) is 2.93. The normalized spacial score (nSPS) is 28.7. The number of nitrogens with one attached hydrogen (secondary N) is 1. The summed E-state index contributed by atoms with van der Waals surface area (Å²) in [6.45, 7) is 6.04. The van der Waals surface area contributed by atoms with Crippen molar-refractivity contribution in [2.24, 2.45) is 11.8 Å². The van der Waals surface area contributed by atoms with Crippen molar-refractivity contribution in [1.29, 1.82) is 0 Å². The molecule has 1 fully saturated rings. The zero-order valence-corrected chi connectivity index (χ0v) is 12.2. The molecule has 1 heterocycles. The van der Waals surface area contributed by atoms with Gasteiger partial charge in [0.25, 0.3) is 0 Å². The second-order valence-electron chi connectivity index (χ2n) is 5.17. The van der Waals surface area contributed by atoms with Crippen LogP contribution in [0, 0.1) is 11.8 Å². The number of hydrogen-bond acceptors (Lipinski definition) is 2. The molecule has 0 amide bonds. The predicted molar refractivity (Wildman–Crippen MR) is 75.6 cm³/mol. The second kappa shape index (κ2) is 8.44. The van der Waals surface area contributed by atoms with Crippen LogP contribution >= 0.6 is 9.39 Å². The van der Waals surface area contributed by atoms with Crippen molar-refractivity contribution in [2.45, 2.75) is 45.4 Å². The van der Waals surface area contributed by atoms with Gasteiger partial charge in [0, 0.05) is 13.1 Å². The lowest BCUT2D eigenvalue weighted by Crippen LogP contribution is -2.28. The van der Waals surface area contributed by atoms with Gasteiger partial charge in [-0.25, -0.2) is 0 Å². The van der Waals surface area contributed by atoms with E-state index < -0.39 is 0 Å². The van der Waals surface area contributed by atoms with Gasteiger partial charge in [0.15, 0.2) is 0 Å². The lowest BCUT2D eigenvalue weighted by Gasteiger charge is -2.32. The highest BCUT2D eigenvalue weighted by molar-refractivity contribution is 7.13. The summed E-state index contributed by atoms with van der Waals surface area (Å²) < 4.78 is 2.43. The van der Waals surface area contributed by atoms with Crippen LogP contribution in [0.3, 0.4) is 0 Å². The third-order valence-corrected chi connectivity index (χ3v) is 4.42. The summed E-state index contributed by atoms with van der Waals surface area (Å²) in [4.78, 5) is 0. The number of hydrogen-bond donors (Lipinski definition) is 1.